The number of ether oxygens (including phenoxy) is 3. The van der Waals surface area contributed by atoms with E-state index < -0.39 is 5.54 Å². The maximum atomic E-state index is 13.9. The van der Waals surface area contributed by atoms with Gasteiger partial charge < -0.3 is 19.5 Å². The van der Waals surface area contributed by atoms with E-state index in [0.717, 1.165) is 30.8 Å². The van der Waals surface area contributed by atoms with Crippen molar-refractivity contribution in [1.29, 1.82) is 0 Å². The summed E-state index contributed by atoms with van der Waals surface area (Å²) in [5.74, 6) is 0.493. The summed E-state index contributed by atoms with van der Waals surface area (Å²) in [6.07, 6.45) is 1.93. The Morgan fingerprint density at radius 2 is 1.83 bits per heavy atom. The van der Waals surface area contributed by atoms with Crippen LogP contribution in [0, 0.1) is 11.3 Å². The fourth-order valence-corrected chi connectivity index (χ4v) is 5.80. The molecule has 1 amide bonds. The fourth-order valence-electron chi connectivity index (χ4n) is 5.80. The smallest absolute Gasteiger partial charge is 0.337 e. The highest BCUT2D eigenvalue weighted by atomic mass is 16.5. The standard InChI is InChI=1S/C28H36N2O5/c1-19(20-12-14-21(15-13-20)25(31)33-4)30-26(32)28(23-11-8-17-35-24(23)27(28,2)3)29-16-18-34-22-9-6-5-7-10-22/h5-7,9-10,12-15,19,23-24,29H,8,11,16-18H2,1-4H3,(H,30,32)/t19-,23?,24?,28?/m0/s1. The quantitative estimate of drug-likeness (QED) is 0.418. The molecule has 1 saturated heterocycles. The summed E-state index contributed by atoms with van der Waals surface area (Å²) in [6, 6.07) is 16.6. The minimum Gasteiger partial charge on any atom is -0.492 e. The summed E-state index contributed by atoms with van der Waals surface area (Å²) >= 11 is 0. The number of methoxy groups -OCH3 is 1. The van der Waals surface area contributed by atoms with Crippen LogP contribution in [-0.2, 0) is 14.3 Å². The summed E-state index contributed by atoms with van der Waals surface area (Å²) in [6.45, 7) is 7.91. The van der Waals surface area contributed by atoms with Crippen LogP contribution >= 0.6 is 0 Å². The van der Waals surface area contributed by atoms with Crippen molar-refractivity contribution in [3.05, 3.63) is 65.7 Å². The lowest BCUT2D eigenvalue weighted by molar-refractivity contribution is -0.235. The molecule has 4 atom stereocenters. The highest BCUT2D eigenvalue weighted by molar-refractivity contribution is 5.90. The number of carbonyl (C=O) groups is 2. The molecule has 35 heavy (non-hydrogen) atoms. The predicted molar refractivity (Wildman–Crippen MR) is 133 cm³/mol. The van der Waals surface area contributed by atoms with Crippen molar-refractivity contribution in [2.75, 3.05) is 26.9 Å². The molecule has 2 N–H and O–H groups in total. The molecule has 2 aromatic rings. The van der Waals surface area contributed by atoms with E-state index >= 15 is 0 Å². The van der Waals surface area contributed by atoms with Crippen LogP contribution in [0.4, 0.5) is 0 Å². The molecule has 1 saturated carbocycles. The number of benzene rings is 2. The van der Waals surface area contributed by atoms with Crippen LogP contribution in [0.1, 0.15) is 55.6 Å². The molecule has 0 radical (unpaired) electrons. The molecule has 188 valence electrons. The van der Waals surface area contributed by atoms with Crippen molar-refractivity contribution in [2.24, 2.45) is 11.3 Å². The Balaban J connectivity index is 1.48. The van der Waals surface area contributed by atoms with Crippen LogP contribution in [0.5, 0.6) is 5.75 Å². The van der Waals surface area contributed by atoms with Crippen LogP contribution in [0.25, 0.3) is 0 Å². The van der Waals surface area contributed by atoms with Crippen molar-refractivity contribution in [1.82, 2.24) is 10.6 Å². The zero-order valence-corrected chi connectivity index (χ0v) is 21.0. The number of nitrogens with one attached hydrogen (secondary N) is 2. The van der Waals surface area contributed by atoms with E-state index in [0.29, 0.717) is 18.7 Å². The molecule has 4 rings (SSSR count). The van der Waals surface area contributed by atoms with Gasteiger partial charge >= 0.3 is 5.97 Å². The molecule has 0 spiro atoms. The van der Waals surface area contributed by atoms with Crippen LogP contribution in [0.2, 0.25) is 0 Å². The zero-order chi connectivity index (χ0) is 25.1. The minimum absolute atomic E-state index is 0.0292. The SMILES string of the molecule is COC(=O)c1ccc([C@H](C)NC(=O)C2(NCCOc3ccccc3)C3CCCOC3C2(C)C)cc1. The molecule has 1 heterocycles. The number of esters is 1. The Hall–Kier alpha value is -2.90. The number of fused-ring (bicyclic) bond motifs is 1. The summed E-state index contributed by atoms with van der Waals surface area (Å²) in [5, 5.41) is 6.84. The van der Waals surface area contributed by atoms with Crippen LogP contribution in [0.3, 0.4) is 0 Å². The number of para-hydroxylation sites is 1. The van der Waals surface area contributed by atoms with Crippen molar-refractivity contribution < 1.29 is 23.8 Å². The molecule has 2 fully saturated rings. The number of hydrogen-bond donors (Lipinski definition) is 2. The summed E-state index contributed by atoms with van der Waals surface area (Å²) in [7, 11) is 1.36. The second-order valence-corrected chi connectivity index (χ2v) is 9.97. The molecule has 7 heteroatoms. The van der Waals surface area contributed by atoms with Crippen molar-refractivity contribution in [3.63, 3.8) is 0 Å². The first kappa shape index (κ1) is 25.2. The first-order valence-corrected chi connectivity index (χ1v) is 12.3. The van der Waals surface area contributed by atoms with Crippen LogP contribution in [0.15, 0.2) is 54.6 Å². The van der Waals surface area contributed by atoms with Crippen LogP contribution < -0.4 is 15.4 Å². The minimum atomic E-state index is -0.766. The lowest BCUT2D eigenvalue weighted by Gasteiger charge is -2.67. The Bertz CT molecular complexity index is 1020. The van der Waals surface area contributed by atoms with Crippen molar-refractivity contribution in [2.45, 2.75) is 51.3 Å². The molecule has 2 aliphatic rings. The van der Waals surface area contributed by atoms with E-state index in [2.05, 4.69) is 24.5 Å². The molecular formula is C28H36N2O5. The topological polar surface area (TPSA) is 85.9 Å². The maximum absolute atomic E-state index is 13.9. The Morgan fingerprint density at radius 1 is 1.11 bits per heavy atom. The molecular weight excluding hydrogens is 444 g/mol. The average Bonchev–Trinajstić information content (AvgIpc) is 2.88. The van der Waals surface area contributed by atoms with Gasteiger partial charge in [0.1, 0.15) is 17.9 Å². The molecule has 1 aliphatic carbocycles. The lowest BCUT2D eigenvalue weighted by Crippen LogP contribution is -2.83. The van der Waals surface area contributed by atoms with Crippen LogP contribution in [-0.4, -0.2) is 50.4 Å². The van der Waals surface area contributed by atoms with Gasteiger partial charge in [-0.25, -0.2) is 4.79 Å². The van der Waals surface area contributed by atoms with Gasteiger partial charge in [0.25, 0.3) is 0 Å². The number of amides is 1. The van der Waals surface area contributed by atoms with Gasteiger partial charge in [-0.1, -0.05) is 44.2 Å². The highest BCUT2D eigenvalue weighted by Gasteiger charge is 2.71. The average molecular weight is 481 g/mol. The number of rotatable bonds is 9. The molecule has 0 aromatic heterocycles. The predicted octanol–water partition coefficient (Wildman–Crippen LogP) is 3.89. The van der Waals surface area contributed by atoms with E-state index in [9.17, 15) is 9.59 Å². The number of carbonyl (C=O) groups excluding carboxylic acids is 2. The molecule has 1 aliphatic heterocycles. The van der Waals surface area contributed by atoms with Gasteiger partial charge in [0, 0.05) is 24.5 Å². The lowest BCUT2D eigenvalue weighted by atomic mass is 9.45. The third-order valence-electron chi connectivity index (χ3n) is 7.66. The van der Waals surface area contributed by atoms with Gasteiger partial charge in [0.05, 0.1) is 24.8 Å². The summed E-state index contributed by atoms with van der Waals surface area (Å²) in [5.41, 5.74) is 0.248. The Morgan fingerprint density at radius 3 is 2.51 bits per heavy atom. The monoisotopic (exact) mass is 480 g/mol. The fraction of sp³-hybridized carbons (Fsp3) is 0.500. The van der Waals surface area contributed by atoms with E-state index in [-0.39, 0.29) is 35.4 Å². The maximum Gasteiger partial charge on any atom is 0.337 e. The van der Waals surface area contributed by atoms with E-state index in [1.54, 1.807) is 12.1 Å². The first-order chi connectivity index (χ1) is 16.8. The Labute approximate surface area is 207 Å². The molecule has 3 unspecified atom stereocenters. The van der Waals surface area contributed by atoms with Gasteiger partial charge in [-0.05, 0) is 49.6 Å². The molecule has 2 aromatic carbocycles. The van der Waals surface area contributed by atoms with Gasteiger partial charge in [-0.3, -0.25) is 10.1 Å². The largest absolute Gasteiger partial charge is 0.492 e. The molecule has 7 nitrogen and oxygen atoms in total. The van der Waals surface area contributed by atoms with E-state index in [1.165, 1.54) is 7.11 Å². The Kier molecular flexibility index (Phi) is 7.47. The van der Waals surface area contributed by atoms with E-state index in [1.807, 2.05) is 49.4 Å². The molecule has 0 bridgehead atoms. The van der Waals surface area contributed by atoms with Gasteiger partial charge in [-0.2, -0.15) is 0 Å². The summed E-state index contributed by atoms with van der Waals surface area (Å²) < 4.78 is 16.8. The third kappa shape index (κ3) is 4.67. The van der Waals surface area contributed by atoms with Crippen molar-refractivity contribution in [3.8, 4) is 5.75 Å². The number of hydrogen-bond acceptors (Lipinski definition) is 6. The normalized spacial score (nSPS) is 25.5. The van der Waals surface area contributed by atoms with Gasteiger partial charge in [-0.15, -0.1) is 0 Å². The van der Waals surface area contributed by atoms with Gasteiger partial charge in [0.15, 0.2) is 0 Å². The summed E-state index contributed by atoms with van der Waals surface area (Å²) in [4.78, 5) is 25.7. The van der Waals surface area contributed by atoms with Crippen molar-refractivity contribution >= 4 is 11.9 Å². The third-order valence-corrected chi connectivity index (χ3v) is 7.66. The van der Waals surface area contributed by atoms with E-state index in [4.69, 9.17) is 14.2 Å². The second kappa shape index (κ2) is 10.4. The van der Waals surface area contributed by atoms with Gasteiger partial charge in [0.2, 0.25) is 5.91 Å². The second-order valence-electron chi connectivity index (χ2n) is 9.97. The first-order valence-electron chi connectivity index (χ1n) is 12.3. The zero-order valence-electron chi connectivity index (χ0n) is 21.0. The highest BCUT2D eigenvalue weighted by Crippen LogP contribution is 2.59.